The van der Waals surface area contributed by atoms with Crippen molar-refractivity contribution in [2.45, 2.75) is 44.7 Å². The Bertz CT molecular complexity index is 1320. The van der Waals surface area contributed by atoms with Crippen LogP contribution < -0.4 is 21.1 Å². The van der Waals surface area contributed by atoms with E-state index in [-0.39, 0.29) is 40.5 Å². The maximum absolute atomic E-state index is 13.5. The number of alkyl halides is 3. The molecule has 0 spiro atoms. The van der Waals surface area contributed by atoms with Crippen molar-refractivity contribution < 1.29 is 41.8 Å². The van der Waals surface area contributed by atoms with Gasteiger partial charge in [-0.05, 0) is 36.4 Å². The number of pyridine rings is 1. The summed E-state index contributed by atoms with van der Waals surface area (Å²) in [4.78, 5) is 37.6. The van der Waals surface area contributed by atoms with Gasteiger partial charge in [-0.1, -0.05) is 50.7 Å². The molecule has 13 heteroatoms. The lowest BCUT2D eigenvalue weighted by Gasteiger charge is -2.14. The molecule has 0 radical (unpaired) electrons. The lowest BCUT2D eigenvalue weighted by molar-refractivity contribution is -0.140. The minimum Gasteiger partial charge on any atom is -0.496 e. The van der Waals surface area contributed by atoms with Gasteiger partial charge in [-0.25, -0.2) is 9.37 Å². The minimum absolute atomic E-state index is 0.0541. The summed E-state index contributed by atoms with van der Waals surface area (Å²) in [5.74, 6) is -2.95. The van der Waals surface area contributed by atoms with Crippen LogP contribution in [0.1, 0.15) is 64.8 Å². The summed E-state index contributed by atoms with van der Waals surface area (Å²) in [6, 6.07) is 9.30. The number of amides is 2. The van der Waals surface area contributed by atoms with Crippen molar-refractivity contribution in [2.75, 3.05) is 23.5 Å². The minimum atomic E-state index is -4.93. The summed E-state index contributed by atoms with van der Waals surface area (Å²) < 4.78 is 57.4. The van der Waals surface area contributed by atoms with Crippen molar-refractivity contribution in [3.05, 3.63) is 77.2 Å². The van der Waals surface area contributed by atoms with Gasteiger partial charge < -0.3 is 26.2 Å². The summed E-state index contributed by atoms with van der Waals surface area (Å²) in [7, 11) is 1.34. The van der Waals surface area contributed by atoms with Gasteiger partial charge in [0.25, 0.3) is 18.3 Å². The third-order valence-electron chi connectivity index (χ3n) is 5.84. The molecule has 41 heavy (non-hydrogen) atoms. The molecule has 5 N–H and O–H groups in total. The number of nitrogens with two attached hydrogens (primary N) is 1. The summed E-state index contributed by atoms with van der Waals surface area (Å²) in [6.45, 7) is -0.250. The second-order valence-corrected chi connectivity index (χ2v) is 8.65. The number of ether oxygens (including phenoxy) is 1. The van der Waals surface area contributed by atoms with E-state index in [2.05, 4.69) is 15.6 Å². The van der Waals surface area contributed by atoms with E-state index in [4.69, 9.17) is 20.4 Å². The van der Waals surface area contributed by atoms with Crippen LogP contribution in [0.4, 0.5) is 34.8 Å². The fourth-order valence-electron chi connectivity index (χ4n) is 3.91. The van der Waals surface area contributed by atoms with Gasteiger partial charge in [0, 0.05) is 11.9 Å². The number of carboxylic acid groups (broad SMARTS) is 1. The Hall–Kier alpha value is -4.68. The molecule has 4 rings (SSSR count). The maximum atomic E-state index is 13.5. The number of anilines is 3. The predicted molar refractivity (Wildman–Crippen MR) is 145 cm³/mol. The van der Waals surface area contributed by atoms with Crippen molar-refractivity contribution in [3.63, 3.8) is 0 Å². The van der Waals surface area contributed by atoms with Crippen LogP contribution in [0, 0.1) is 5.82 Å². The Labute approximate surface area is 233 Å². The molecule has 1 aliphatic carbocycles. The number of benzene rings is 2. The fraction of sp³-hybridized carbons (Fsp3) is 0.286. The number of hydrogen-bond donors (Lipinski definition) is 4. The molecule has 0 aliphatic heterocycles. The van der Waals surface area contributed by atoms with Crippen molar-refractivity contribution in [3.8, 4) is 5.75 Å². The van der Waals surface area contributed by atoms with Crippen molar-refractivity contribution in [1.82, 2.24) is 4.98 Å². The topological polar surface area (TPSA) is 144 Å². The molecule has 1 fully saturated rings. The van der Waals surface area contributed by atoms with E-state index in [0.29, 0.717) is 12.1 Å². The first kappa shape index (κ1) is 32.5. The molecule has 1 saturated carbocycles. The van der Waals surface area contributed by atoms with E-state index in [0.717, 1.165) is 6.07 Å². The van der Waals surface area contributed by atoms with Crippen LogP contribution in [0.5, 0.6) is 5.75 Å². The number of carbonyl (C=O) groups is 3. The quantitative estimate of drug-likeness (QED) is 0.203. The van der Waals surface area contributed by atoms with Crippen molar-refractivity contribution >= 4 is 35.5 Å². The number of nitrogens with one attached hydrogen (secondary N) is 2. The van der Waals surface area contributed by atoms with E-state index in [1.54, 1.807) is 0 Å². The van der Waals surface area contributed by atoms with Crippen LogP contribution in [0.25, 0.3) is 0 Å². The zero-order valence-corrected chi connectivity index (χ0v) is 22.1. The normalized spacial score (nSPS) is 12.4. The van der Waals surface area contributed by atoms with E-state index in [9.17, 15) is 27.2 Å². The Balaban J connectivity index is 0.000000560. The van der Waals surface area contributed by atoms with Crippen LogP contribution in [0.15, 0.2) is 54.7 Å². The molecule has 220 valence electrons. The Morgan fingerprint density at radius 2 is 1.56 bits per heavy atom. The molecule has 0 saturated heterocycles. The van der Waals surface area contributed by atoms with E-state index >= 15 is 0 Å². The van der Waals surface area contributed by atoms with Gasteiger partial charge in [-0.2, -0.15) is 13.2 Å². The van der Waals surface area contributed by atoms with Crippen LogP contribution in [-0.2, 0) is 11.0 Å². The highest BCUT2D eigenvalue weighted by Crippen LogP contribution is 2.33. The highest BCUT2D eigenvalue weighted by Gasteiger charge is 2.34. The number of para-hydroxylation sites is 1. The maximum Gasteiger partial charge on any atom is 0.419 e. The third kappa shape index (κ3) is 9.78. The monoisotopic (exact) mass is 578 g/mol. The summed E-state index contributed by atoms with van der Waals surface area (Å²) >= 11 is 0. The summed E-state index contributed by atoms with van der Waals surface area (Å²) in [5, 5.41) is 11.7. The number of nitrogens with zero attached hydrogens (tertiary/aromatic N) is 1. The smallest absolute Gasteiger partial charge is 0.419 e. The molecule has 9 nitrogen and oxygen atoms in total. The standard InChI is InChI=1S/C21H16F4N4O3.C6H12.CH2O2/c1-32-16-8-9-27-18(26)17(16)20(31)29-15-5-3-2-4-12(15)19(30)28-11-6-7-14(22)13(10-11)21(23,24)25;1-2-4-6-5-3-1;2-1-3/h2-10H,1H3,(H2,26,27)(H,28,30)(H,29,31);1-6H2;1H,(H,2,3). The largest absolute Gasteiger partial charge is 0.496 e. The molecule has 3 aromatic rings. The lowest BCUT2D eigenvalue weighted by Crippen LogP contribution is -2.20. The SMILES string of the molecule is C1CCCCC1.COc1ccnc(N)c1C(=O)Nc1ccccc1C(=O)Nc1ccc(F)c(C(F)(F)F)c1.O=CO. The zero-order chi connectivity index (χ0) is 30.4. The van der Waals surface area contributed by atoms with Gasteiger partial charge in [-0.15, -0.1) is 0 Å². The molecule has 0 unspecified atom stereocenters. The van der Waals surface area contributed by atoms with Crippen LogP contribution in [0.2, 0.25) is 0 Å². The van der Waals surface area contributed by atoms with Crippen LogP contribution in [-0.4, -0.2) is 35.5 Å². The fourth-order valence-corrected chi connectivity index (χ4v) is 3.91. The Kier molecular flexibility index (Phi) is 12.5. The zero-order valence-electron chi connectivity index (χ0n) is 22.1. The van der Waals surface area contributed by atoms with E-state index in [1.807, 2.05) is 0 Å². The molecular formula is C28H30F4N4O5. The molecule has 1 heterocycles. The molecular weight excluding hydrogens is 548 g/mol. The predicted octanol–water partition coefficient (Wildman–Crippen LogP) is 6.38. The number of rotatable bonds is 5. The molecule has 1 aromatic heterocycles. The third-order valence-corrected chi connectivity index (χ3v) is 5.84. The highest BCUT2D eigenvalue weighted by atomic mass is 19.4. The van der Waals surface area contributed by atoms with Gasteiger partial charge in [0.05, 0.1) is 23.9 Å². The molecule has 0 atom stereocenters. The first-order valence-corrected chi connectivity index (χ1v) is 12.5. The number of halogens is 4. The average Bonchev–Trinajstić information content (AvgIpc) is 2.95. The molecule has 0 bridgehead atoms. The summed E-state index contributed by atoms with van der Waals surface area (Å²) in [5.41, 5.74) is 3.91. The van der Waals surface area contributed by atoms with Gasteiger partial charge in [0.15, 0.2) is 0 Å². The number of nitrogen functional groups attached to an aromatic ring is 1. The van der Waals surface area contributed by atoms with Crippen LogP contribution >= 0.6 is 0 Å². The van der Waals surface area contributed by atoms with Crippen LogP contribution in [0.3, 0.4) is 0 Å². The Morgan fingerprint density at radius 3 is 2.12 bits per heavy atom. The average molecular weight is 579 g/mol. The Morgan fingerprint density at radius 1 is 0.976 bits per heavy atom. The molecule has 2 amide bonds. The second-order valence-electron chi connectivity index (χ2n) is 8.65. The first-order valence-electron chi connectivity index (χ1n) is 12.5. The lowest BCUT2D eigenvalue weighted by atomic mass is 10.0. The van der Waals surface area contributed by atoms with Gasteiger partial charge in [0.1, 0.15) is 22.9 Å². The van der Waals surface area contributed by atoms with Gasteiger partial charge in [-0.3, -0.25) is 14.4 Å². The van der Waals surface area contributed by atoms with Crippen molar-refractivity contribution in [2.24, 2.45) is 0 Å². The number of aromatic nitrogens is 1. The van der Waals surface area contributed by atoms with E-state index < -0.39 is 29.4 Å². The highest BCUT2D eigenvalue weighted by molar-refractivity contribution is 6.14. The molecule has 1 aliphatic rings. The number of methoxy groups -OCH3 is 1. The number of hydrogen-bond acceptors (Lipinski definition) is 6. The van der Waals surface area contributed by atoms with E-state index in [1.165, 1.54) is 82.2 Å². The summed E-state index contributed by atoms with van der Waals surface area (Å²) in [6.07, 6.45) is 5.42. The molecule has 2 aromatic carbocycles. The number of carbonyl (C=O) groups excluding carboxylic acids is 2. The van der Waals surface area contributed by atoms with Gasteiger partial charge >= 0.3 is 6.18 Å². The second kappa shape index (κ2) is 15.8. The van der Waals surface area contributed by atoms with Gasteiger partial charge in [0.2, 0.25) is 0 Å². The first-order chi connectivity index (χ1) is 19.5. The van der Waals surface area contributed by atoms with Crippen molar-refractivity contribution in [1.29, 1.82) is 0 Å².